The highest BCUT2D eigenvalue weighted by molar-refractivity contribution is 6.48. The Kier molecular flexibility index (Phi) is 10.0. The van der Waals surface area contributed by atoms with Crippen molar-refractivity contribution in [2.24, 2.45) is 10.8 Å². The molecule has 2 heterocycles. The summed E-state index contributed by atoms with van der Waals surface area (Å²) in [4.78, 5) is 19.1. The fraction of sp³-hybridized carbons (Fsp3) is 0.667. The van der Waals surface area contributed by atoms with Crippen LogP contribution in [0.4, 0.5) is 4.79 Å². The lowest BCUT2D eigenvalue weighted by molar-refractivity contribution is -0.0776. The summed E-state index contributed by atoms with van der Waals surface area (Å²) >= 11 is 6.62. The van der Waals surface area contributed by atoms with Crippen molar-refractivity contribution in [1.29, 1.82) is 0 Å². The Bertz CT molecular complexity index is 1140. The smallest absolute Gasteiger partial charge is 0.410 e. The first-order valence-corrected chi connectivity index (χ1v) is 17.2. The number of ether oxygens (including phenoxy) is 2. The van der Waals surface area contributed by atoms with Gasteiger partial charge in [0, 0.05) is 30.2 Å². The molecule has 0 saturated carbocycles. The van der Waals surface area contributed by atoms with Crippen LogP contribution in [0.2, 0.25) is 18.1 Å². The molecule has 9 heteroatoms. The summed E-state index contributed by atoms with van der Waals surface area (Å²) in [6, 6.07) is 5.62. The molecule has 2 aromatic rings. The van der Waals surface area contributed by atoms with Gasteiger partial charge in [-0.3, -0.25) is 4.98 Å². The highest BCUT2D eigenvalue weighted by atomic mass is 35.5. The molecule has 3 rings (SSSR count). The topological polar surface area (TPSA) is 81.1 Å². The summed E-state index contributed by atoms with van der Waals surface area (Å²) in [7, 11) is 0.240. The second kappa shape index (κ2) is 12.3. The molecule has 0 radical (unpaired) electrons. The molecule has 1 N–H and O–H groups in total. The lowest BCUT2D eigenvalue weighted by Gasteiger charge is -2.52. The fourth-order valence-corrected chi connectivity index (χ4v) is 7.36. The number of rotatable bonds is 8. The Hall–Kier alpha value is -1.87. The Morgan fingerprint density at radius 2 is 1.82 bits per heavy atom. The molecule has 2 unspecified atom stereocenters. The molecular formula is C30H47ClN2O5Si. The summed E-state index contributed by atoms with van der Waals surface area (Å²) in [5, 5.41) is 12.8. The summed E-state index contributed by atoms with van der Waals surface area (Å²) in [6.07, 6.45) is 3.35. The first-order valence-electron chi connectivity index (χ1n) is 14.0. The van der Waals surface area contributed by atoms with Crippen molar-refractivity contribution in [3.63, 3.8) is 0 Å². The zero-order valence-electron chi connectivity index (χ0n) is 25.1. The normalized spacial score (nSPS) is 17.8. The molecule has 1 aromatic carbocycles. The van der Waals surface area contributed by atoms with Crippen molar-refractivity contribution in [3.8, 4) is 5.75 Å². The van der Waals surface area contributed by atoms with Gasteiger partial charge in [-0.1, -0.05) is 32.4 Å². The van der Waals surface area contributed by atoms with Crippen LogP contribution in [-0.2, 0) is 9.16 Å². The van der Waals surface area contributed by atoms with E-state index < -0.39 is 20.7 Å². The number of piperidine rings is 1. The number of hydrogen-bond acceptors (Lipinski definition) is 6. The predicted octanol–water partition coefficient (Wildman–Crippen LogP) is 7.14. The number of carbonyl (C=O) groups excluding carboxylic acids is 1. The number of nitrogens with zero attached hydrogens (tertiary/aromatic N) is 2. The average molecular weight is 579 g/mol. The highest BCUT2D eigenvalue weighted by Crippen LogP contribution is 2.49. The van der Waals surface area contributed by atoms with Crippen molar-refractivity contribution < 1.29 is 23.8 Å². The summed E-state index contributed by atoms with van der Waals surface area (Å²) in [5.41, 5.74) is 0.586. The predicted molar refractivity (Wildman–Crippen MR) is 160 cm³/mol. The van der Waals surface area contributed by atoms with Crippen LogP contribution in [-0.4, -0.2) is 62.0 Å². The van der Waals surface area contributed by atoms with E-state index in [9.17, 15) is 9.90 Å². The minimum Gasteiger partial charge on any atom is -0.497 e. The van der Waals surface area contributed by atoms with Gasteiger partial charge in [-0.05, 0) is 88.6 Å². The number of aromatic nitrogens is 1. The van der Waals surface area contributed by atoms with Gasteiger partial charge in [0.05, 0.1) is 29.9 Å². The maximum atomic E-state index is 12.8. The number of halogens is 1. The average Bonchev–Trinajstić information content (AvgIpc) is 2.84. The van der Waals surface area contributed by atoms with Crippen LogP contribution in [0, 0.1) is 10.8 Å². The number of fused-ring (bicyclic) bond motifs is 1. The van der Waals surface area contributed by atoms with Crippen LogP contribution < -0.4 is 4.74 Å². The van der Waals surface area contributed by atoms with Gasteiger partial charge in [0.2, 0.25) is 0 Å². The Morgan fingerprint density at radius 1 is 1.18 bits per heavy atom. The largest absolute Gasteiger partial charge is 0.497 e. The standard InChI is InChI=1S/C30H47ClN2O5Si/c1-28(2,3)26(38-39(8)9)30(14-16-33(17-15-30)27(35)37-29(4,5)6)13-12-24(34)25-21-18-20(36-7)10-11-23(21)32-19-22(25)31/h10-11,18-19,24,26,34,39H,12-17H2,1-9H3. The molecule has 1 amide bonds. The van der Waals surface area contributed by atoms with E-state index in [1.807, 2.05) is 43.9 Å². The van der Waals surface area contributed by atoms with Gasteiger partial charge < -0.3 is 23.9 Å². The molecule has 1 fully saturated rings. The first kappa shape index (κ1) is 31.7. The molecule has 1 saturated heterocycles. The lowest BCUT2D eigenvalue weighted by Crippen LogP contribution is -2.54. The third-order valence-corrected chi connectivity index (χ3v) is 8.60. The van der Waals surface area contributed by atoms with E-state index in [0.717, 1.165) is 30.2 Å². The zero-order valence-corrected chi connectivity index (χ0v) is 27.0. The molecule has 0 aliphatic carbocycles. The van der Waals surface area contributed by atoms with Crippen LogP contribution in [0.3, 0.4) is 0 Å². The van der Waals surface area contributed by atoms with Crippen LogP contribution >= 0.6 is 11.6 Å². The number of hydrogen-bond donors (Lipinski definition) is 1. The van der Waals surface area contributed by atoms with E-state index in [2.05, 4.69) is 38.8 Å². The molecule has 39 heavy (non-hydrogen) atoms. The van der Waals surface area contributed by atoms with Gasteiger partial charge in [0.1, 0.15) is 11.4 Å². The number of benzene rings is 1. The summed E-state index contributed by atoms with van der Waals surface area (Å²) < 4.78 is 17.9. The van der Waals surface area contributed by atoms with Gasteiger partial charge in [-0.25, -0.2) is 4.79 Å². The summed E-state index contributed by atoms with van der Waals surface area (Å²) in [5.74, 6) is 0.689. The number of likely N-dealkylation sites (tertiary alicyclic amines) is 1. The van der Waals surface area contributed by atoms with Crippen molar-refractivity contribution in [2.45, 2.75) is 98.1 Å². The first-order chi connectivity index (χ1) is 18.1. The van der Waals surface area contributed by atoms with E-state index in [0.29, 0.717) is 35.8 Å². The maximum absolute atomic E-state index is 12.8. The third-order valence-electron chi connectivity index (χ3n) is 7.48. The molecule has 2 atom stereocenters. The van der Waals surface area contributed by atoms with Crippen LogP contribution in [0.5, 0.6) is 5.75 Å². The van der Waals surface area contributed by atoms with Gasteiger partial charge >= 0.3 is 6.09 Å². The number of carbonyl (C=O) groups is 1. The Morgan fingerprint density at radius 3 is 2.36 bits per heavy atom. The zero-order chi connectivity index (χ0) is 29.2. The molecular weight excluding hydrogens is 532 g/mol. The second-order valence-corrected chi connectivity index (χ2v) is 16.0. The van der Waals surface area contributed by atoms with E-state index >= 15 is 0 Å². The van der Waals surface area contributed by atoms with Crippen LogP contribution in [0.15, 0.2) is 24.4 Å². The monoisotopic (exact) mass is 578 g/mol. The van der Waals surface area contributed by atoms with Gasteiger partial charge in [-0.15, -0.1) is 0 Å². The van der Waals surface area contributed by atoms with Crippen LogP contribution in [0.1, 0.15) is 78.9 Å². The third kappa shape index (κ3) is 7.87. The second-order valence-electron chi connectivity index (χ2n) is 13.2. The molecule has 0 spiro atoms. The molecule has 218 valence electrons. The van der Waals surface area contributed by atoms with Gasteiger partial charge in [-0.2, -0.15) is 0 Å². The number of methoxy groups -OCH3 is 1. The van der Waals surface area contributed by atoms with Crippen molar-refractivity contribution >= 4 is 37.6 Å². The summed E-state index contributed by atoms with van der Waals surface area (Å²) in [6.45, 7) is 17.9. The highest BCUT2D eigenvalue weighted by Gasteiger charge is 2.48. The number of amides is 1. The molecule has 1 aliphatic heterocycles. The molecule has 0 bridgehead atoms. The Balaban J connectivity index is 1.91. The van der Waals surface area contributed by atoms with E-state index in [1.165, 1.54) is 0 Å². The number of aliphatic hydroxyl groups excluding tert-OH is 1. The Labute approximate surface area is 240 Å². The quantitative estimate of drug-likeness (QED) is 0.335. The number of aliphatic hydroxyl groups is 1. The molecule has 7 nitrogen and oxygen atoms in total. The van der Waals surface area contributed by atoms with E-state index in [-0.39, 0.29) is 23.0 Å². The van der Waals surface area contributed by atoms with Crippen molar-refractivity contribution in [2.75, 3.05) is 20.2 Å². The maximum Gasteiger partial charge on any atom is 0.410 e. The molecule has 1 aliphatic rings. The number of pyridine rings is 1. The molecule has 1 aromatic heterocycles. The minimum atomic E-state index is -1.38. The van der Waals surface area contributed by atoms with E-state index in [1.54, 1.807) is 13.3 Å². The van der Waals surface area contributed by atoms with Gasteiger partial charge in [0.15, 0.2) is 9.04 Å². The van der Waals surface area contributed by atoms with E-state index in [4.69, 9.17) is 25.5 Å². The van der Waals surface area contributed by atoms with Crippen molar-refractivity contribution in [3.05, 3.63) is 35.0 Å². The fourth-order valence-electron chi connectivity index (χ4n) is 5.85. The van der Waals surface area contributed by atoms with Crippen molar-refractivity contribution in [1.82, 2.24) is 9.88 Å². The minimum absolute atomic E-state index is 0.00518. The van der Waals surface area contributed by atoms with Gasteiger partial charge in [0.25, 0.3) is 0 Å². The van der Waals surface area contributed by atoms with Crippen LogP contribution in [0.25, 0.3) is 10.9 Å². The SMILES string of the molecule is COc1ccc2ncc(Cl)c(C(O)CCC3(C(O[SiH](C)C)C(C)(C)C)CCN(C(=O)OC(C)(C)C)CC3)c2c1. The lowest BCUT2D eigenvalue weighted by atomic mass is 9.63.